The molecular weight excluding hydrogens is 262 g/mol. The molecule has 0 saturated heterocycles. The number of hydrogen-bond donors (Lipinski definition) is 1. The number of halogens is 1. The zero-order chi connectivity index (χ0) is 13.7. The molecule has 0 radical (unpaired) electrons. The maximum Gasteiger partial charge on any atom is 0.138 e. The number of hydrogen-bond acceptors (Lipinski definition) is 3. The summed E-state index contributed by atoms with van der Waals surface area (Å²) in [4.78, 5) is 4.25. The summed E-state index contributed by atoms with van der Waals surface area (Å²) in [5.74, 6) is 1.70. The van der Waals surface area contributed by atoms with Crippen molar-refractivity contribution in [3.63, 3.8) is 0 Å². The van der Waals surface area contributed by atoms with Gasteiger partial charge in [-0.25, -0.2) is 4.98 Å². The van der Waals surface area contributed by atoms with E-state index in [1.165, 1.54) is 0 Å². The van der Waals surface area contributed by atoms with Crippen molar-refractivity contribution in [2.45, 2.75) is 19.9 Å². The number of aryl methyl sites for hydroxylation is 1. The Morgan fingerprint density at radius 3 is 2.89 bits per heavy atom. The average Bonchev–Trinajstić information content (AvgIpc) is 2.81. The smallest absolute Gasteiger partial charge is 0.138 e. The zero-order valence-electron chi connectivity index (χ0n) is 11.2. The topological polar surface area (TPSA) is 39.1 Å². The van der Waals surface area contributed by atoms with Crippen LogP contribution < -0.4 is 10.1 Å². The Labute approximate surface area is 118 Å². The molecule has 0 aliphatic rings. The molecule has 2 aromatic rings. The molecule has 0 unspecified atom stereocenters. The van der Waals surface area contributed by atoms with Gasteiger partial charge in [0.15, 0.2) is 0 Å². The minimum absolute atomic E-state index is 0.623. The van der Waals surface area contributed by atoms with E-state index in [1.807, 2.05) is 36.0 Å². The standard InChI is InChI=1S/C14H18ClN3O/c1-3-8-19-13-5-4-11(9-12(13)15)17-10-14-16-6-7-18(14)2/h4-7,9,17H,3,8,10H2,1-2H3. The fourth-order valence-electron chi connectivity index (χ4n) is 1.69. The number of benzene rings is 1. The summed E-state index contributed by atoms with van der Waals surface area (Å²) in [6, 6.07) is 5.72. The van der Waals surface area contributed by atoms with Crippen molar-refractivity contribution in [2.75, 3.05) is 11.9 Å². The van der Waals surface area contributed by atoms with Gasteiger partial charge in [0.2, 0.25) is 0 Å². The third kappa shape index (κ3) is 3.64. The van der Waals surface area contributed by atoms with Crippen LogP contribution in [0.15, 0.2) is 30.6 Å². The normalized spacial score (nSPS) is 10.5. The van der Waals surface area contributed by atoms with E-state index in [0.29, 0.717) is 18.2 Å². The Morgan fingerprint density at radius 2 is 2.26 bits per heavy atom. The highest BCUT2D eigenvalue weighted by molar-refractivity contribution is 6.32. The molecule has 0 aliphatic carbocycles. The van der Waals surface area contributed by atoms with Gasteiger partial charge in [-0.2, -0.15) is 0 Å². The molecule has 0 spiro atoms. The van der Waals surface area contributed by atoms with E-state index in [1.54, 1.807) is 6.20 Å². The van der Waals surface area contributed by atoms with Gasteiger partial charge in [-0.05, 0) is 24.6 Å². The largest absolute Gasteiger partial charge is 0.492 e. The zero-order valence-corrected chi connectivity index (χ0v) is 11.9. The third-order valence-corrected chi connectivity index (χ3v) is 3.06. The molecule has 19 heavy (non-hydrogen) atoms. The fourth-order valence-corrected chi connectivity index (χ4v) is 1.92. The number of nitrogens with zero attached hydrogens (tertiary/aromatic N) is 2. The molecule has 0 saturated carbocycles. The van der Waals surface area contributed by atoms with Crippen LogP contribution in [0.3, 0.4) is 0 Å². The van der Waals surface area contributed by atoms with Gasteiger partial charge in [0.25, 0.3) is 0 Å². The Kier molecular flexibility index (Phi) is 4.68. The van der Waals surface area contributed by atoms with Crippen molar-refractivity contribution >= 4 is 17.3 Å². The molecule has 0 atom stereocenters. The first-order valence-electron chi connectivity index (χ1n) is 6.33. The van der Waals surface area contributed by atoms with Gasteiger partial charge in [0.1, 0.15) is 11.6 Å². The minimum Gasteiger partial charge on any atom is -0.492 e. The van der Waals surface area contributed by atoms with Crippen LogP contribution in [-0.4, -0.2) is 16.2 Å². The lowest BCUT2D eigenvalue weighted by atomic mass is 10.3. The minimum atomic E-state index is 0.623. The van der Waals surface area contributed by atoms with E-state index < -0.39 is 0 Å². The van der Waals surface area contributed by atoms with E-state index in [4.69, 9.17) is 16.3 Å². The summed E-state index contributed by atoms with van der Waals surface area (Å²) in [6.07, 6.45) is 4.67. The molecule has 102 valence electrons. The molecule has 1 N–H and O–H groups in total. The Morgan fingerprint density at radius 1 is 1.42 bits per heavy atom. The average molecular weight is 280 g/mol. The van der Waals surface area contributed by atoms with Crippen molar-refractivity contribution < 1.29 is 4.74 Å². The van der Waals surface area contributed by atoms with E-state index in [-0.39, 0.29) is 0 Å². The molecule has 1 aromatic carbocycles. The van der Waals surface area contributed by atoms with Crippen LogP contribution in [0.4, 0.5) is 5.69 Å². The number of aromatic nitrogens is 2. The van der Waals surface area contributed by atoms with E-state index in [9.17, 15) is 0 Å². The number of imidazole rings is 1. The monoisotopic (exact) mass is 279 g/mol. The predicted molar refractivity (Wildman–Crippen MR) is 77.8 cm³/mol. The maximum atomic E-state index is 6.17. The highest BCUT2D eigenvalue weighted by Gasteiger charge is 2.04. The van der Waals surface area contributed by atoms with Crippen molar-refractivity contribution in [3.05, 3.63) is 41.4 Å². The summed E-state index contributed by atoms with van der Waals surface area (Å²) in [6.45, 7) is 3.41. The first-order chi connectivity index (χ1) is 9.20. The Hall–Kier alpha value is -1.68. The number of ether oxygens (including phenoxy) is 1. The lowest BCUT2D eigenvalue weighted by molar-refractivity contribution is 0.317. The second-order valence-corrected chi connectivity index (χ2v) is 4.71. The van der Waals surface area contributed by atoms with Crippen LogP contribution in [0, 0.1) is 0 Å². The van der Waals surface area contributed by atoms with Gasteiger partial charge in [0.05, 0.1) is 18.2 Å². The summed E-state index contributed by atoms with van der Waals surface area (Å²) >= 11 is 6.17. The first kappa shape index (κ1) is 13.7. The van der Waals surface area contributed by atoms with Crippen molar-refractivity contribution in [1.29, 1.82) is 0 Å². The predicted octanol–water partition coefficient (Wildman–Crippen LogP) is 3.47. The summed E-state index contributed by atoms with van der Waals surface area (Å²) in [7, 11) is 1.97. The van der Waals surface area contributed by atoms with Gasteiger partial charge >= 0.3 is 0 Å². The summed E-state index contributed by atoms with van der Waals surface area (Å²) in [5.41, 5.74) is 0.955. The first-order valence-corrected chi connectivity index (χ1v) is 6.71. The summed E-state index contributed by atoms with van der Waals surface area (Å²) < 4.78 is 7.51. The highest BCUT2D eigenvalue weighted by atomic mass is 35.5. The van der Waals surface area contributed by atoms with E-state index in [0.717, 1.165) is 23.7 Å². The highest BCUT2D eigenvalue weighted by Crippen LogP contribution is 2.27. The van der Waals surface area contributed by atoms with Gasteiger partial charge in [-0.15, -0.1) is 0 Å². The van der Waals surface area contributed by atoms with E-state index >= 15 is 0 Å². The van der Waals surface area contributed by atoms with Crippen molar-refractivity contribution in [2.24, 2.45) is 7.05 Å². The molecule has 2 rings (SSSR count). The SMILES string of the molecule is CCCOc1ccc(NCc2nccn2C)cc1Cl. The van der Waals surface area contributed by atoms with Crippen LogP contribution in [0.5, 0.6) is 5.75 Å². The molecule has 4 nitrogen and oxygen atoms in total. The second kappa shape index (κ2) is 6.48. The van der Waals surface area contributed by atoms with Crippen LogP contribution >= 0.6 is 11.6 Å². The molecule has 1 aromatic heterocycles. The van der Waals surface area contributed by atoms with Crippen molar-refractivity contribution in [3.8, 4) is 5.75 Å². The van der Waals surface area contributed by atoms with Gasteiger partial charge in [-0.1, -0.05) is 18.5 Å². The van der Waals surface area contributed by atoms with Crippen LogP contribution in [0.2, 0.25) is 5.02 Å². The quantitative estimate of drug-likeness (QED) is 0.880. The number of anilines is 1. The molecule has 0 aliphatic heterocycles. The van der Waals surface area contributed by atoms with E-state index in [2.05, 4.69) is 17.2 Å². The molecule has 1 heterocycles. The lowest BCUT2D eigenvalue weighted by Gasteiger charge is -2.10. The van der Waals surface area contributed by atoms with Crippen LogP contribution in [-0.2, 0) is 13.6 Å². The van der Waals surface area contributed by atoms with Gasteiger partial charge < -0.3 is 14.6 Å². The molecule has 0 fully saturated rings. The third-order valence-electron chi connectivity index (χ3n) is 2.77. The molecular formula is C14H18ClN3O. The van der Waals surface area contributed by atoms with Gasteiger partial charge in [-0.3, -0.25) is 0 Å². The number of rotatable bonds is 6. The van der Waals surface area contributed by atoms with Crippen LogP contribution in [0.1, 0.15) is 19.2 Å². The second-order valence-electron chi connectivity index (χ2n) is 4.30. The molecule has 0 bridgehead atoms. The fraction of sp³-hybridized carbons (Fsp3) is 0.357. The summed E-state index contributed by atoms with van der Waals surface area (Å²) in [5, 5.41) is 3.91. The number of nitrogens with one attached hydrogen (secondary N) is 1. The molecule has 5 heteroatoms. The lowest BCUT2D eigenvalue weighted by Crippen LogP contribution is -2.05. The van der Waals surface area contributed by atoms with Crippen molar-refractivity contribution in [1.82, 2.24) is 9.55 Å². The maximum absolute atomic E-state index is 6.17. The Bertz CT molecular complexity index is 539. The van der Waals surface area contributed by atoms with Gasteiger partial charge in [0, 0.05) is 25.1 Å². The molecule has 0 amide bonds. The Balaban J connectivity index is 1.98. The van der Waals surface area contributed by atoms with Crippen LogP contribution in [0.25, 0.3) is 0 Å².